The Bertz CT molecular complexity index is 756. The summed E-state index contributed by atoms with van der Waals surface area (Å²) in [7, 11) is 0. The van der Waals surface area contributed by atoms with Gasteiger partial charge < -0.3 is 21.1 Å². The summed E-state index contributed by atoms with van der Waals surface area (Å²) in [5, 5.41) is 11.2. The molecular weight excluding hydrogens is 288 g/mol. The van der Waals surface area contributed by atoms with Crippen molar-refractivity contribution in [2.24, 2.45) is 5.73 Å². The number of H-pyrrole nitrogens is 1. The standard InChI is InChI=1S/C14H16N4O4/c15-13(21)11(7-19)17-12(20)6-5-10-14(22)18-9-4-2-1-3-8(9)16-10/h1-4,11,19H,5-7H2,(H2,15,21)(H,17,20)(H,18,22)/t11-/m0/s1. The van der Waals surface area contributed by atoms with Crippen molar-refractivity contribution in [3.63, 3.8) is 0 Å². The van der Waals surface area contributed by atoms with Crippen LogP contribution < -0.4 is 16.6 Å². The molecule has 0 aliphatic heterocycles. The summed E-state index contributed by atoms with van der Waals surface area (Å²) < 4.78 is 0. The highest BCUT2D eigenvalue weighted by atomic mass is 16.3. The maximum Gasteiger partial charge on any atom is 0.270 e. The SMILES string of the molecule is NC(=O)[C@H](CO)NC(=O)CCc1nc2ccccc2[nH]c1=O. The molecule has 8 heteroatoms. The van der Waals surface area contributed by atoms with E-state index in [9.17, 15) is 14.4 Å². The van der Waals surface area contributed by atoms with Gasteiger partial charge in [0.2, 0.25) is 11.8 Å². The van der Waals surface area contributed by atoms with Crippen molar-refractivity contribution in [2.45, 2.75) is 18.9 Å². The third-order valence-electron chi connectivity index (χ3n) is 3.12. The fourth-order valence-corrected chi connectivity index (χ4v) is 1.94. The number of carbonyl (C=O) groups excluding carboxylic acids is 2. The van der Waals surface area contributed by atoms with Crippen LogP contribution in [0.4, 0.5) is 0 Å². The van der Waals surface area contributed by atoms with Crippen molar-refractivity contribution >= 4 is 22.8 Å². The van der Waals surface area contributed by atoms with Gasteiger partial charge in [0.15, 0.2) is 0 Å². The number of amides is 2. The number of fused-ring (bicyclic) bond motifs is 1. The van der Waals surface area contributed by atoms with E-state index in [1.165, 1.54) is 0 Å². The first-order chi connectivity index (χ1) is 10.5. The van der Waals surface area contributed by atoms with Crippen LogP contribution >= 0.6 is 0 Å². The molecule has 22 heavy (non-hydrogen) atoms. The highest BCUT2D eigenvalue weighted by Gasteiger charge is 2.17. The van der Waals surface area contributed by atoms with E-state index in [-0.39, 0.29) is 24.1 Å². The highest BCUT2D eigenvalue weighted by molar-refractivity contribution is 5.86. The second-order valence-electron chi connectivity index (χ2n) is 4.73. The monoisotopic (exact) mass is 304 g/mol. The Balaban J connectivity index is 2.05. The van der Waals surface area contributed by atoms with Crippen LogP contribution in [0.5, 0.6) is 0 Å². The van der Waals surface area contributed by atoms with E-state index < -0.39 is 24.5 Å². The Hall–Kier alpha value is -2.74. The van der Waals surface area contributed by atoms with Gasteiger partial charge in [-0.2, -0.15) is 0 Å². The molecule has 0 bridgehead atoms. The minimum Gasteiger partial charge on any atom is -0.394 e. The van der Waals surface area contributed by atoms with E-state index >= 15 is 0 Å². The van der Waals surface area contributed by atoms with Crippen LogP contribution in [0.25, 0.3) is 11.0 Å². The molecule has 0 spiro atoms. The Morgan fingerprint density at radius 1 is 1.36 bits per heavy atom. The second kappa shape index (κ2) is 6.81. The molecule has 0 saturated carbocycles. The molecule has 0 fully saturated rings. The number of nitrogens with two attached hydrogens (primary N) is 1. The van der Waals surface area contributed by atoms with Gasteiger partial charge in [-0.3, -0.25) is 14.4 Å². The number of para-hydroxylation sites is 2. The van der Waals surface area contributed by atoms with Crippen LogP contribution in [0, 0.1) is 0 Å². The van der Waals surface area contributed by atoms with Gasteiger partial charge >= 0.3 is 0 Å². The minimum absolute atomic E-state index is 0.0435. The van der Waals surface area contributed by atoms with Crippen molar-refractivity contribution in [3.05, 3.63) is 40.3 Å². The Kier molecular flexibility index (Phi) is 4.84. The van der Waals surface area contributed by atoms with Gasteiger partial charge in [0.05, 0.1) is 17.6 Å². The molecule has 1 aromatic carbocycles. The molecule has 0 aliphatic carbocycles. The molecule has 5 N–H and O–H groups in total. The largest absolute Gasteiger partial charge is 0.394 e. The number of aryl methyl sites for hydroxylation is 1. The van der Waals surface area contributed by atoms with Gasteiger partial charge in [-0.15, -0.1) is 0 Å². The number of aliphatic hydroxyl groups is 1. The number of carbonyl (C=O) groups is 2. The Labute approximate surface area is 125 Å². The van der Waals surface area contributed by atoms with Crippen LogP contribution in [-0.2, 0) is 16.0 Å². The van der Waals surface area contributed by atoms with Crippen molar-refractivity contribution in [1.29, 1.82) is 0 Å². The van der Waals surface area contributed by atoms with Crippen LogP contribution in [0.1, 0.15) is 12.1 Å². The van der Waals surface area contributed by atoms with E-state index in [0.717, 1.165) is 0 Å². The number of aromatic amines is 1. The lowest BCUT2D eigenvalue weighted by Gasteiger charge is -2.12. The first kappa shape index (κ1) is 15.6. The lowest BCUT2D eigenvalue weighted by Crippen LogP contribution is -2.46. The zero-order valence-corrected chi connectivity index (χ0v) is 11.7. The number of hydrogen-bond acceptors (Lipinski definition) is 5. The van der Waals surface area contributed by atoms with Crippen LogP contribution in [-0.4, -0.2) is 39.5 Å². The van der Waals surface area contributed by atoms with Gasteiger partial charge in [0.1, 0.15) is 11.7 Å². The maximum atomic E-state index is 11.9. The summed E-state index contributed by atoms with van der Waals surface area (Å²) >= 11 is 0. The number of nitrogens with one attached hydrogen (secondary N) is 2. The third kappa shape index (κ3) is 3.67. The van der Waals surface area contributed by atoms with Gasteiger partial charge in [-0.25, -0.2) is 4.98 Å². The summed E-state index contributed by atoms with van der Waals surface area (Å²) in [4.78, 5) is 41.4. The van der Waals surface area contributed by atoms with Crippen LogP contribution in [0.3, 0.4) is 0 Å². The number of primary amides is 1. The lowest BCUT2D eigenvalue weighted by molar-refractivity contribution is -0.128. The summed E-state index contributed by atoms with van der Waals surface area (Å²) in [5.74, 6) is -1.32. The maximum absolute atomic E-state index is 11.9. The molecule has 8 nitrogen and oxygen atoms in total. The van der Waals surface area contributed by atoms with Crippen molar-refractivity contribution < 1.29 is 14.7 Å². The lowest BCUT2D eigenvalue weighted by atomic mass is 10.2. The van der Waals surface area contributed by atoms with Crippen molar-refractivity contribution in [2.75, 3.05) is 6.61 Å². The summed E-state index contributed by atoms with van der Waals surface area (Å²) in [6.45, 7) is -0.574. The van der Waals surface area contributed by atoms with E-state index in [1.54, 1.807) is 24.3 Å². The molecule has 2 amide bonds. The molecule has 1 aromatic heterocycles. The average molecular weight is 304 g/mol. The van der Waals surface area contributed by atoms with E-state index in [2.05, 4.69) is 15.3 Å². The first-order valence-corrected chi connectivity index (χ1v) is 6.68. The van der Waals surface area contributed by atoms with Gasteiger partial charge in [-0.1, -0.05) is 12.1 Å². The Morgan fingerprint density at radius 3 is 2.77 bits per heavy atom. The molecule has 1 heterocycles. The normalized spacial score (nSPS) is 12.0. The Morgan fingerprint density at radius 2 is 2.09 bits per heavy atom. The molecular formula is C14H16N4O4. The summed E-state index contributed by atoms with van der Waals surface area (Å²) in [6, 6.07) is 5.94. The average Bonchev–Trinajstić information content (AvgIpc) is 2.50. The number of benzene rings is 1. The number of rotatable bonds is 6. The van der Waals surface area contributed by atoms with Gasteiger partial charge in [0, 0.05) is 12.8 Å². The molecule has 2 aromatic rings. The van der Waals surface area contributed by atoms with E-state index in [4.69, 9.17) is 10.8 Å². The van der Waals surface area contributed by atoms with Gasteiger partial charge in [0.25, 0.3) is 5.56 Å². The smallest absolute Gasteiger partial charge is 0.270 e. The zero-order valence-electron chi connectivity index (χ0n) is 11.7. The van der Waals surface area contributed by atoms with E-state index in [0.29, 0.717) is 11.0 Å². The number of nitrogens with zero attached hydrogens (tertiary/aromatic N) is 1. The molecule has 116 valence electrons. The fraction of sp³-hybridized carbons (Fsp3) is 0.286. The van der Waals surface area contributed by atoms with Gasteiger partial charge in [-0.05, 0) is 12.1 Å². The first-order valence-electron chi connectivity index (χ1n) is 6.68. The van der Waals surface area contributed by atoms with Crippen molar-refractivity contribution in [3.8, 4) is 0 Å². The van der Waals surface area contributed by atoms with Crippen LogP contribution in [0.15, 0.2) is 29.1 Å². The number of aromatic nitrogens is 2. The topological polar surface area (TPSA) is 138 Å². The summed E-state index contributed by atoms with van der Waals surface area (Å²) in [6.07, 6.45) is 0.0705. The van der Waals surface area contributed by atoms with E-state index in [1.807, 2.05) is 0 Å². The summed E-state index contributed by atoms with van der Waals surface area (Å²) in [5.41, 5.74) is 6.13. The third-order valence-corrected chi connectivity index (χ3v) is 3.12. The predicted molar refractivity (Wildman–Crippen MR) is 78.9 cm³/mol. The number of hydrogen-bond donors (Lipinski definition) is 4. The van der Waals surface area contributed by atoms with Crippen LogP contribution in [0.2, 0.25) is 0 Å². The second-order valence-corrected chi connectivity index (χ2v) is 4.73. The molecule has 1 atom stereocenters. The molecule has 0 unspecified atom stereocenters. The fourth-order valence-electron chi connectivity index (χ4n) is 1.94. The highest BCUT2D eigenvalue weighted by Crippen LogP contribution is 2.06. The minimum atomic E-state index is -1.13. The zero-order chi connectivity index (χ0) is 16.1. The predicted octanol–water partition coefficient (Wildman–Crippen LogP) is -1.18. The molecule has 0 aliphatic rings. The quantitative estimate of drug-likeness (QED) is 0.532. The molecule has 2 rings (SSSR count). The molecule has 0 radical (unpaired) electrons. The number of aliphatic hydroxyl groups excluding tert-OH is 1. The van der Waals surface area contributed by atoms with Crippen molar-refractivity contribution in [1.82, 2.24) is 15.3 Å². The molecule has 0 saturated heterocycles.